The molecule has 4 nitrogen and oxygen atoms in total. The summed E-state index contributed by atoms with van der Waals surface area (Å²) in [6.45, 7) is 4.91. The first-order chi connectivity index (χ1) is 26.1. The van der Waals surface area contributed by atoms with Crippen molar-refractivity contribution in [1.29, 1.82) is 0 Å². The molecule has 11 rings (SSSR count). The highest BCUT2D eigenvalue weighted by atomic mass is 28.3. The zero-order valence-electron chi connectivity index (χ0n) is 29.5. The van der Waals surface area contributed by atoms with Gasteiger partial charge in [-0.25, -0.2) is 9.97 Å². The van der Waals surface area contributed by atoms with Crippen molar-refractivity contribution in [3.05, 3.63) is 170 Å². The normalized spacial score (nSPS) is 13.2. The minimum Gasteiger partial charge on any atom is -0.309 e. The molecule has 0 spiro atoms. The van der Waals surface area contributed by atoms with Crippen LogP contribution in [0.1, 0.15) is 0 Å². The van der Waals surface area contributed by atoms with E-state index in [0.717, 1.165) is 39.7 Å². The van der Waals surface area contributed by atoms with Crippen molar-refractivity contribution in [3.63, 3.8) is 0 Å². The van der Waals surface area contributed by atoms with Gasteiger partial charge in [0, 0.05) is 38.4 Å². The van der Waals surface area contributed by atoms with E-state index >= 15 is 0 Å². The third-order valence-corrected chi connectivity index (χ3v) is 14.8. The van der Waals surface area contributed by atoms with Crippen molar-refractivity contribution in [1.82, 2.24) is 19.1 Å². The Morgan fingerprint density at radius 2 is 0.943 bits per heavy atom. The number of fused-ring (bicyclic) bond motifs is 9. The summed E-state index contributed by atoms with van der Waals surface area (Å²) in [5, 5.41) is 7.65. The molecule has 7 aromatic carbocycles. The monoisotopic (exact) mass is 694 g/mol. The molecule has 0 N–H and O–H groups in total. The molecule has 0 amide bonds. The number of aromatic nitrogens is 4. The van der Waals surface area contributed by atoms with Gasteiger partial charge in [-0.15, -0.1) is 0 Å². The van der Waals surface area contributed by atoms with E-state index in [0.29, 0.717) is 0 Å². The maximum atomic E-state index is 5.53. The van der Waals surface area contributed by atoms with Crippen molar-refractivity contribution in [2.24, 2.45) is 0 Å². The quantitative estimate of drug-likeness (QED) is 0.172. The van der Waals surface area contributed by atoms with Gasteiger partial charge in [0.2, 0.25) is 0 Å². The minimum absolute atomic E-state index is 0.758. The molecule has 0 radical (unpaired) electrons. The van der Waals surface area contributed by atoms with E-state index < -0.39 is 8.07 Å². The first-order valence-electron chi connectivity index (χ1n) is 18.3. The van der Waals surface area contributed by atoms with Crippen LogP contribution in [-0.4, -0.2) is 27.2 Å². The number of hydrogen-bond acceptors (Lipinski definition) is 2. The van der Waals surface area contributed by atoms with Crippen LogP contribution in [0.3, 0.4) is 0 Å². The molecule has 10 aromatic rings. The lowest BCUT2D eigenvalue weighted by Gasteiger charge is -2.23. The van der Waals surface area contributed by atoms with Crippen LogP contribution in [0, 0.1) is 0 Å². The molecular weight excluding hydrogens is 661 g/mol. The Balaban J connectivity index is 1.24. The second kappa shape index (κ2) is 11.2. The smallest absolute Gasteiger partial charge is 0.160 e. The average Bonchev–Trinajstić information content (AvgIpc) is 3.80. The third kappa shape index (κ3) is 4.29. The summed E-state index contributed by atoms with van der Waals surface area (Å²) in [5.74, 6) is 0.758. The molecule has 0 saturated carbocycles. The van der Waals surface area contributed by atoms with E-state index in [2.05, 4.69) is 192 Å². The van der Waals surface area contributed by atoms with Crippen LogP contribution in [0.15, 0.2) is 170 Å². The average molecular weight is 695 g/mol. The SMILES string of the molecule is C[Si]1(C)c2ccccc2-c2nc(-c3ccccc3)nc(-c3ccccc3-n3c4ccccc4c4cc5c(cc43)c3ccccc3n5-c3ccccc3)c21. The van der Waals surface area contributed by atoms with Crippen LogP contribution in [0.2, 0.25) is 13.1 Å². The standard InChI is InChI=1S/C48H34N4Si/c1-53(2)44-28-16-12-24-36(44)46-47(53)45(49-48(50-46)31-17-5-3-6-18-31)35-23-11-15-27-41(35)52-40-26-14-10-22-34(40)38-29-42-37(30-43(38)52)33-21-9-13-25-39(33)51(42)32-19-7-4-8-20-32/h3-30H,1-2H3. The largest absolute Gasteiger partial charge is 0.309 e. The third-order valence-electron chi connectivity index (χ3n) is 11.3. The van der Waals surface area contributed by atoms with Gasteiger partial charge in [0.15, 0.2) is 5.82 Å². The van der Waals surface area contributed by atoms with Gasteiger partial charge in [-0.3, -0.25) is 0 Å². The fourth-order valence-electron chi connectivity index (χ4n) is 8.94. The fourth-order valence-corrected chi connectivity index (χ4v) is 12.2. The zero-order chi connectivity index (χ0) is 35.3. The van der Waals surface area contributed by atoms with Crippen molar-refractivity contribution >= 4 is 62.1 Å². The maximum Gasteiger partial charge on any atom is 0.160 e. The van der Waals surface area contributed by atoms with Gasteiger partial charge in [0.25, 0.3) is 0 Å². The predicted octanol–water partition coefficient (Wildman–Crippen LogP) is 10.8. The molecule has 0 saturated heterocycles. The summed E-state index contributed by atoms with van der Waals surface area (Å²) < 4.78 is 4.88. The van der Waals surface area contributed by atoms with Gasteiger partial charge in [-0.1, -0.05) is 140 Å². The van der Waals surface area contributed by atoms with E-state index in [1.165, 1.54) is 59.5 Å². The predicted molar refractivity (Wildman–Crippen MR) is 224 cm³/mol. The van der Waals surface area contributed by atoms with Crippen molar-refractivity contribution in [2.75, 3.05) is 0 Å². The molecule has 0 aliphatic carbocycles. The Hall–Kier alpha value is -6.56. The maximum absolute atomic E-state index is 5.53. The zero-order valence-corrected chi connectivity index (χ0v) is 30.5. The molecule has 0 fully saturated rings. The van der Waals surface area contributed by atoms with E-state index in [1.54, 1.807) is 0 Å². The second-order valence-electron chi connectivity index (χ2n) is 14.6. The highest BCUT2D eigenvalue weighted by Crippen LogP contribution is 2.42. The number of nitrogens with zero attached hydrogens (tertiary/aromatic N) is 4. The molecule has 53 heavy (non-hydrogen) atoms. The number of para-hydroxylation sites is 4. The Morgan fingerprint density at radius 3 is 1.64 bits per heavy atom. The van der Waals surface area contributed by atoms with E-state index in [4.69, 9.17) is 9.97 Å². The van der Waals surface area contributed by atoms with E-state index in [-0.39, 0.29) is 0 Å². The van der Waals surface area contributed by atoms with Crippen molar-refractivity contribution in [3.8, 4) is 45.3 Å². The Bertz CT molecular complexity index is 3080. The molecule has 3 aromatic heterocycles. The molecule has 250 valence electrons. The first-order valence-corrected chi connectivity index (χ1v) is 21.3. The van der Waals surface area contributed by atoms with Gasteiger partial charge < -0.3 is 9.13 Å². The summed E-state index contributed by atoms with van der Waals surface area (Å²) in [7, 11) is -2.18. The molecule has 0 unspecified atom stereocenters. The summed E-state index contributed by atoms with van der Waals surface area (Å²) >= 11 is 0. The molecule has 1 aliphatic rings. The van der Waals surface area contributed by atoms with E-state index in [1.807, 2.05) is 0 Å². The molecule has 1 aliphatic heterocycles. The first kappa shape index (κ1) is 30.1. The van der Waals surface area contributed by atoms with Crippen molar-refractivity contribution < 1.29 is 0 Å². The van der Waals surface area contributed by atoms with Gasteiger partial charge in [-0.05, 0) is 58.4 Å². The molecular formula is C48H34N4Si. The highest BCUT2D eigenvalue weighted by Gasteiger charge is 2.42. The van der Waals surface area contributed by atoms with Gasteiger partial charge >= 0.3 is 0 Å². The van der Waals surface area contributed by atoms with Crippen molar-refractivity contribution in [2.45, 2.75) is 13.1 Å². The van der Waals surface area contributed by atoms with Crippen LogP contribution in [-0.2, 0) is 0 Å². The minimum atomic E-state index is -2.18. The molecule has 4 heterocycles. The summed E-state index contributed by atoms with van der Waals surface area (Å²) in [5.41, 5.74) is 12.5. The van der Waals surface area contributed by atoms with Crippen LogP contribution >= 0.6 is 0 Å². The lowest BCUT2D eigenvalue weighted by atomic mass is 10.0. The Morgan fingerprint density at radius 1 is 0.434 bits per heavy atom. The van der Waals surface area contributed by atoms with Crippen LogP contribution in [0.5, 0.6) is 0 Å². The molecule has 0 bridgehead atoms. The summed E-state index contributed by atoms with van der Waals surface area (Å²) in [6, 6.07) is 61.3. The van der Waals surface area contributed by atoms with Crippen LogP contribution in [0.4, 0.5) is 0 Å². The summed E-state index contributed by atoms with van der Waals surface area (Å²) in [6.07, 6.45) is 0. The second-order valence-corrected chi connectivity index (χ2v) is 18.9. The van der Waals surface area contributed by atoms with Gasteiger partial charge in [-0.2, -0.15) is 0 Å². The molecule has 5 heteroatoms. The van der Waals surface area contributed by atoms with E-state index in [9.17, 15) is 0 Å². The number of rotatable bonds is 4. The number of hydrogen-bond donors (Lipinski definition) is 0. The number of benzene rings is 7. The summed E-state index contributed by atoms with van der Waals surface area (Å²) in [4.78, 5) is 10.9. The fraction of sp³-hybridized carbons (Fsp3) is 0.0417. The molecule has 0 atom stereocenters. The van der Waals surface area contributed by atoms with Crippen LogP contribution < -0.4 is 10.4 Å². The lowest BCUT2D eigenvalue weighted by Crippen LogP contribution is -2.50. The van der Waals surface area contributed by atoms with Gasteiger partial charge in [0.1, 0.15) is 8.07 Å². The Kier molecular flexibility index (Phi) is 6.37. The lowest BCUT2D eigenvalue weighted by molar-refractivity contribution is 1.16. The Labute approximate surface area is 308 Å². The highest BCUT2D eigenvalue weighted by molar-refractivity contribution is 7.04. The topological polar surface area (TPSA) is 35.6 Å². The van der Waals surface area contributed by atoms with Crippen LogP contribution in [0.25, 0.3) is 88.9 Å². The van der Waals surface area contributed by atoms with Gasteiger partial charge in [0.05, 0.1) is 39.1 Å².